The van der Waals surface area contributed by atoms with E-state index in [1.165, 1.54) is 212 Å². The quantitative estimate of drug-likeness (QED) is 0.0358. The lowest BCUT2D eigenvalue weighted by atomic mass is 10.0. The smallest absolute Gasteiger partial charge is 0.269 e. The number of hydrogen-bond acceptors (Lipinski definition) is 13. The highest BCUT2D eigenvalue weighted by molar-refractivity contribution is 7.30. The number of nitriles is 4. The Morgan fingerprint density at radius 2 is 0.671 bits per heavy atom. The van der Waals surface area contributed by atoms with E-state index in [9.17, 15) is 30.6 Å². The Morgan fingerprint density at radius 1 is 0.376 bits per heavy atom. The van der Waals surface area contributed by atoms with Crippen LogP contribution in [0, 0.1) is 45.3 Å². The number of aromatic nitrogens is 2. The van der Waals surface area contributed by atoms with Crippen LogP contribution in [0.5, 0.6) is 0 Å². The molecule has 0 bridgehead atoms. The molecule has 7 aromatic rings. The Hall–Kier alpha value is -5.20. The van der Waals surface area contributed by atoms with Crippen LogP contribution in [-0.4, -0.2) is 9.13 Å². The first-order chi connectivity index (χ1) is 41.6. The Morgan fingerprint density at radius 3 is 0.976 bits per heavy atom. The minimum atomic E-state index is -0.160. The van der Waals surface area contributed by atoms with Gasteiger partial charge in [-0.25, -0.2) is 0 Å². The van der Waals surface area contributed by atoms with Gasteiger partial charge in [0.2, 0.25) is 0 Å². The molecule has 0 saturated carbocycles. The molecular weight excluding hydrogens is 1180 g/mol. The molecule has 0 aliphatic heterocycles. The highest BCUT2D eigenvalue weighted by atomic mass is 32.1. The summed E-state index contributed by atoms with van der Waals surface area (Å²) >= 11 is 11.8. The van der Waals surface area contributed by atoms with Crippen molar-refractivity contribution < 1.29 is 0 Å². The number of thiophene rings is 5. The molecule has 0 fully saturated rings. The van der Waals surface area contributed by atoms with E-state index in [0.29, 0.717) is 31.5 Å². The van der Waals surface area contributed by atoms with E-state index in [4.69, 9.17) is 0 Å². The highest BCUT2D eigenvalue weighted by Gasteiger charge is 2.23. The van der Waals surface area contributed by atoms with Crippen LogP contribution in [0.2, 0.25) is 0 Å². The first-order valence-corrected chi connectivity index (χ1v) is 37.4. The lowest BCUT2D eigenvalue weighted by Crippen LogP contribution is -2.31. The van der Waals surface area contributed by atoms with Crippen molar-refractivity contribution in [1.82, 2.24) is 9.13 Å². The Balaban J connectivity index is 1.33. The lowest BCUT2D eigenvalue weighted by molar-refractivity contribution is 0.608. The Bertz CT molecular complexity index is 3570. The van der Waals surface area contributed by atoms with Crippen LogP contribution < -0.4 is 29.5 Å². The number of hydrogen-bond donors (Lipinski definition) is 0. The van der Waals surface area contributed by atoms with E-state index in [2.05, 4.69) is 64.1 Å². The molecule has 0 atom stereocenters. The second-order valence-electron chi connectivity index (χ2n) is 22.3. The molecule has 8 nitrogen and oxygen atoms in total. The number of thiazole rings is 2. The fourth-order valence-corrected chi connectivity index (χ4v) is 19.8. The third kappa shape index (κ3) is 18.2. The molecule has 0 aliphatic rings. The van der Waals surface area contributed by atoms with Gasteiger partial charge in [-0.1, -0.05) is 156 Å². The summed E-state index contributed by atoms with van der Waals surface area (Å²) in [4.78, 5) is 40.1. The van der Waals surface area contributed by atoms with E-state index in [-0.39, 0.29) is 22.3 Å². The minimum Gasteiger partial charge on any atom is -0.298 e. The van der Waals surface area contributed by atoms with E-state index < -0.39 is 0 Å². The van der Waals surface area contributed by atoms with E-state index in [1.54, 1.807) is 31.8 Å². The normalized spacial score (nSPS) is 11.8. The zero-order valence-corrected chi connectivity index (χ0v) is 56.9. The predicted molar refractivity (Wildman–Crippen MR) is 369 cm³/mol. The third-order valence-electron chi connectivity index (χ3n) is 15.8. The molecule has 0 N–H and O–H groups in total. The van der Waals surface area contributed by atoms with Crippen LogP contribution in [0.25, 0.3) is 62.3 Å². The van der Waals surface area contributed by atoms with Crippen LogP contribution in [0.3, 0.4) is 0 Å². The zero-order valence-electron chi connectivity index (χ0n) is 51.2. The van der Waals surface area contributed by atoms with Gasteiger partial charge in [0.1, 0.15) is 33.6 Å². The summed E-state index contributed by atoms with van der Waals surface area (Å²) in [5.74, 6) is 0. The highest BCUT2D eigenvalue weighted by Crippen LogP contribution is 2.50. The third-order valence-corrected chi connectivity index (χ3v) is 24.5. The largest absolute Gasteiger partial charge is 0.298 e. The van der Waals surface area contributed by atoms with Crippen molar-refractivity contribution in [2.24, 2.45) is 0 Å². The van der Waals surface area contributed by atoms with Crippen molar-refractivity contribution in [3.63, 3.8) is 0 Å². The molecule has 7 rings (SSSR count). The average molecular weight is 1270 g/mol. The minimum absolute atomic E-state index is 0.0302. The summed E-state index contributed by atoms with van der Waals surface area (Å²) in [6.07, 6.45) is 37.3. The lowest BCUT2D eigenvalue weighted by Gasteiger charge is -2.04. The van der Waals surface area contributed by atoms with Crippen molar-refractivity contribution in [3.05, 3.63) is 108 Å². The van der Waals surface area contributed by atoms with Gasteiger partial charge in [-0.2, -0.15) is 21.0 Å². The molecule has 15 heteroatoms. The van der Waals surface area contributed by atoms with Crippen molar-refractivity contribution in [1.29, 1.82) is 21.0 Å². The number of nitrogens with zero attached hydrogens (tertiary/aromatic N) is 6. The van der Waals surface area contributed by atoms with Crippen LogP contribution >= 0.6 is 79.4 Å². The summed E-state index contributed by atoms with van der Waals surface area (Å²) < 4.78 is 5.04. The number of rotatable bonds is 36. The standard InChI is InChI=1S/C70H86N6O2S7/c1-7-13-17-21-25-29-33-49-39-55(43-61-67(77)75(11-5)69(84-61)53(45-71)46-72)79-65(49)59-41-51(35-31-27-23-19-15-9-3)63(82-59)57-37-38-58(81-57)64-52(36-32-28-24-20-16-10-4)42-60(83-64)66-50(34-30-26-22-18-14-8-2)40-56(80-66)44-62-68(78)76(12-6)70(85-62)54(47-73)48-74/h37-44H,7-36H2,1-6H3/b61-43-,62-44+. The molecule has 0 radical (unpaired) electrons. The maximum atomic E-state index is 13.8. The van der Waals surface area contributed by atoms with Gasteiger partial charge in [0.15, 0.2) is 11.1 Å². The van der Waals surface area contributed by atoms with Gasteiger partial charge in [0, 0.05) is 61.9 Å². The van der Waals surface area contributed by atoms with E-state index in [0.717, 1.165) is 61.1 Å². The summed E-state index contributed by atoms with van der Waals surface area (Å²) in [6.45, 7) is 13.6. The molecule has 0 aromatic carbocycles. The second-order valence-corrected chi connectivity index (χ2v) is 29.7. The number of unbranched alkanes of at least 4 members (excludes halogenated alkanes) is 20. The summed E-state index contributed by atoms with van der Waals surface area (Å²) in [5, 5.41) is 39.1. The Kier molecular flexibility index (Phi) is 28.2. The summed E-state index contributed by atoms with van der Waals surface area (Å²) in [6, 6.07) is 22.4. The van der Waals surface area contributed by atoms with Gasteiger partial charge < -0.3 is 0 Å². The van der Waals surface area contributed by atoms with Crippen LogP contribution in [0.1, 0.15) is 228 Å². The summed E-state index contributed by atoms with van der Waals surface area (Å²) in [7, 11) is 0. The monoisotopic (exact) mass is 1270 g/mol. The first kappa shape index (κ1) is 67.3. The fraction of sp³-hybridized carbons (Fsp3) is 0.514. The average Bonchev–Trinajstić information content (AvgIpc) is 2.50. The van der Waals surface area contributed by atoms with Crippen LogP contribution in [0.15, 0.2) is 46.0 Å². The molecule has 85 heavy (non-hydrogen) atoms. The van der Waals surface area contributed by atoms with Gasteiger partial charge >= 0.3 is 0 Å². The molecule has 7 heterocycles. The van der Waals surface area contributed by atoms with E-state index in [1.807, 2.05) is 84.3 Å². The van der Waals surface area contributed by atoms with Crippen LogP contribution in [0.4, 0.5) is 0 Å². The Labute approximate surface area is 533 Å². The van der Waals surface area contributed by atoms with Crippen molar-refractivity contribution >= 4 is 103 Å². The van der Waals surface area contributed by atoms with Gasteiger partial charge in [0.05, 0.1) is 9.06 Å². The van der Waals surface area contributed by atoms with Gasteiger partial charge in [-0.15, -0.1) is 79.4 Å². The zero-order chi connectivity index (χ0) is 60.5. The van der Waals surface area contributed by atoms with Gasteiger partial charge in [-0.3, -0.25) is 18.7 Å². The predicted octanol–water partition coefficient (Wildman–Crippen LogP) is 18.8. The first-order valence-electron chi connectivity index (χ1n) is 31.7. The van der Waals surface area contributed by atoms with Crippen LogP contribution in [-0.2, 0) is 38.8 Å². The number of aryl methyl sites for hydroxylation is 4. The maximum absolute atomic E-state index is 13.8. The van der Waals surface area contributed by atoms with Crippen molar-refractivity contribution in [3.8, 4) is 63.3 Å². The van der Waals surface area contributed by atoms with Crippen molar-refractivity contribution in [2.75, 3.05) is 0 Å². The molecular formula is C70H86N6O2S7. The van der Waals surface area contributed by atoms with Gasteiger partial charge in [0.25, 0.3) is 11.1 Å². The molecule has 0 saturated heterocycles. The molecule has 7 aromatic heterocycles. The topological polar surface area (TPSA) is 139 Å². The SMILES string of the molecule is CCCCCCCCc1cc(/C=c2\sc(=C(C#N)C#N)n(CC)c2=O)sc1-c1cc(CCCCCCCC)c(-c2ccc(-c3sc(-c4sc(/C=c5/sc(=C(C#N)C#N)n(CC)c5=O)cc4CCCCCCCC)cc3CCCCCCCC)s2)s1. The fourth-order valence-electron chi connectivity index (χ4n) is 11.2. The molecule has 0 aliphatic carbocycles. The molecule has 450 valence electrons. The molecule has 0 spiro atoms. The van der Waals surface area contributed by atoms with E-state index >= 15 is 0 Å². The maximum Gasteiger partial charge on any atom is 0.269 e. The molecule has 0 amide bonds. The molecule has 0 unspecified atom stereocenters. The second kappa shape index (κ2) is 35.6. The summed E-state index contributed by atoms with van der Waals surface area (Å²) in [5.41, 5.74) is 5.10. The van der Waals surface area contributed by atoms with Gasteiger partial charge in [-0.05, 0) is 136 Å². The van der Waals surface area contributed by atoms with Crippen molar-refractivity contribution in [2.45, 2.75) is 234 Å².